The highest BCUT2D eigenvalue weighted by molar-refractivity contribution is 7.85. The van der Waals surface area contributed by atoms with Crippen molar-refractivity contribution in [2.24, 2.45) is 33.5 Å². The molecule has 6 aliphatic rings. The summed E-state index contributed by atoms with van der Waals surface area (Å²) in [5.41, 5.74) is -3.23. The second-order valence-electron chi connectivity index (χ2n) is 29.5. The predicted molar refractivity (Wildman–Crippen MR) is 369 cm³/mol. The maximum Gasteiger partial charge on any atom is 0.426 e. The van der Waals surface area contributed by atoms with E-state index in [0.29, 0.717) is 37.9 Å². The Balaban J connectivity index is 0.000000222. The average molecular weight is 1350 g/mol. The highest BCUT2D eigenvalue weighted by atomic mass is 32.2. The molecule has 0 amide bonds. The van der Waals surface area contributed by atoms with Gasteiger partial charge in [-0.3, -0.25) is 19.2 Å². The highest BCUT2D eigenvalue weighted by Gasteiger charge is 2.64. The third-order valence-electron chi connectivity index (χ3n) is 20.4. The third kappa shape index (κ3) is 20.1. The molecule has 0 radical (unpaired) electrons. The number of phenols is 1. The number of alkyl halides is 3. The van der Waals surface area contributed by atoms with Crippen LogP contribution < -0.4 is 0 Å². The maximum absolute atomic E-state index is 13.3. The number of hydrogen-bond acceptors (Lipinski definition) is 13. The molecule has 1 N–H and O–H groups in total. The molecule has 4 aromatic carbocycles. The van der Waals surface area contributed by atoms with E-state index < -0.39 is 67.5 Å². The van der Waals surface area contributed by atoms with E-state index in [1.807, 2.05) is 60.6 Å². The van der Waals surface area contributed by atoms with E-state index in [1.54, 1.807) is 19.9 Å². The number of ether oxygens (including phenoxy) is 4. The summed E-state index contributed by atoms with van der Waals surface area (Å²) >= 11 is 0. The minimum Gasteiger partial charge on any atom is -0.748 e. The fourth-order valence-electron chi connectivity index (χ4n) is 12.9. The second kappa shape index (κ2) is 31.5. The summed E-state index contributed by atoms with van der Waals surface area (Å²) < 4.78 is 97.2. The van der Waals surface area contributed by atoms with E-state index in [0.717, 1.165) is 64.5 Å². The number of benzene rings is 4. The van der Waals surface area contributed by atoms with Gasteiger partial charge in [-0.15, -0.1) is 6.42 Å². The lowest BCUT2D eigenvalue weighted by atomic mass is 9.48. The van der Waals surface area contributed by atoms with Crippen molar-refractivity contribution < 1.29 is 69.4 Å². The normalized spacial score (nSPS) is 21.7. The van der Waals surface area contributed by atoms with Crippen LogP contribution in [0.2, 0.25) is 0 Å². The summed E-state index contributed by atoms with van der Waals surface area (Å²) in [5.74, 6) is -0.607. The van der Waals surface area contributed by atoms with Crippen molar-refractivity contribution in [1.82, 2.24) is 4.90 Å². The number of thiophene rings is 1. The lowest BCUT2D eigenvalue weighted by Gasteiger charge is -2.60. The average Bonchev–Trinajstić information content (AvgIpc) is 0.912. The van der Waals surface area contributed by atoms with Crippen LogP contribution in [0.1, 0.15) is 206 Å². The van der Waals surface area contributed by atoms with Gasteiger partial charge in [0.1, 0.15) is 17.0 Å². The molecule has 5 aromatic rings. The molecule has 18 heteroatoms. The molecule has 2 heterocycles. The number of carbonyl (C=O) groups is 4. The van der Waals surface area contributed by atoms with Crippen LogP contribution in [0.15, 0.2) is 103 Å². The number of hydrogen-bond donors (Lipinski definition) is 1. The van der Waals surface area contributed by atoms with Gasteiger partial charge in [-0.2, -0.15) is 13.2 Å². The van der Waals surface area contributed by atoms with E-state index in [4.69, 9.17) is 20.6 Å². The van der Waals surface area contributed by atoms with Gasteiger partial charge in [0.15, 0.2) is 19.9 Å². The highest BCUT2D eigenvalue weighted by Crippen LogP contribution is 2.64. The van der Waals surface area contributed by atoms with E-state index in [2.05, 4.69) is 135 Å². The number of halogens is 3. The van der Waals surface area contributed by atoms with Gasteiger partial charge in [-0.25, -0.2) is 8.42 Å². The minimum absolute atomic E-state index is 0. The number of carbonyl (C=O) groups excluding carboxylic acids is 4. The largest absolute Gasteiger partial charge is 0.748 e. The molecular weight excluding hydrogens is 1240 g/mol. The third-order valence-corrected chi connectivity index (χ3v) is 23.4. The molecule has 1 aliphatic heterocycles. The van der Waals surface area contributed by atoms with Gasteiger partial charge in [-0.1, -0.05) is 109 Å². The first-order valence-corrected chi connectivity index (χ1v) is 35.9. The molecule has 13 nitrogen and oxygen atoms in total. The number of rotatable bonds is 16. The molecule has 0 spiro atoms. The van der Waals surface area contributed by atoms with Crippen LogP contribution in [0.5, 0.6) is 5.75 Å². The minimum atomic E-state index is -5.27. The molecular formula is C76H106F3NO12S2. The lowest BCUT2D eigenvalue weighted by Crippen LogP contribution is -2.61. The number of fused-ring (bicyclic) bond motifs is 3. The Morgan fingerprint density at radius 3 is 1.60 bits per heavy atom. The second-order valence-corrected chi connectivity index (χ2v) is 32.9. The Bertz CT molecular complexity index is 3450. The summed E-state index contributed by atoms with van der Waals surface area (Å²) in [6, 6.07) is 35.9. The van der Waals surface area contributed by atoms with Crippen LogP contribution in [0.3, 0.4) is 0 Å². The van der Waals surface area contributed by atoms with Gasteiger partial charge >= 0.3 is 30.1 Å². The quantitative estimate of drug-likeness (QED) is 0.0324. The van der Waals surface area contributed by atoms with Gasteiger partial charge in [-0.05, 0) is 210 Å². The summed E-state index contributed by atoms with van der Waals surface area (Å²) in [7, 11) is -3.16. The predicted octanol–water partition coefficient (Wildman–Crippen LogP) is 18.1. The Morgan fingerprint density at radius 2 is 1.15 bits per heavy atom. The molecule has 3 atom stereocenters. The summed E-state index contributed by atoms with van der Waals surface area (Å²) in [4.78, 5) is 53.2. The SMILES string of the molecule is C.C#CC1(OC(=O)C(C)(C)CC)CCN(C)CC1.CCC(C)(C)C(=O)OC1(C)CCCC1.CCC(C)(C)C(=O)OC12CC3CC(C1)CC(C(=O)OC(CS(=O)(=O)[O-])C(F)(F)F)(C3)C2.CCC(C)(C)c1cccc(O)c1.c1ccc(-[s+]2c3ccccc3c3ccccc32)cc1. The Morgan fingerprint density at radius 1 is 0.681 bits per heavy atom. The molecule has 11 rings (SSSR count). The summed E-state index contributed by atoms with van der Waals surface area (Å²) in [5, 5.41) is 12.1. The zero-order valence-electron chi connectivity index (χ0n) is 57.4. The van der Waals surface area contributed by atoms with Crippen LogP contribution >= 0.6 is 10.5 Å². The van der Waals surface area contributed by atoms with Crippen molar-refractivity contribution >= 4 is 64.6 Å². The summed E-state index contributed by atoms with van der Waals surface area (Å²) in [6.07, 6.45) is 8.99. The van der Waals surface area contributed by atoms with E-state index in [1.165, 1.54) is 43.5 Å². The van der Waals surface area contributed by atoms with Crippen molar-refractivity contribution in [2.45, 2.75) is 235 Å². The first-order chi connectivity index (χ1) is 43.2. The van der Waals surface area contributed by atoms with Crippen LogP contribution in [0, 0.1) is 45.8 Å². The van der Waals surface area contributed by atoms with Crippen LogP contribution in [0.25, 0.3) is 25.1 Å². The van der Waals surface area contributed by atoms with Gasteiger partial charge in [0.2, 0.25) is 6.10 Å². The Labute approximate surface area is 561 Å². The van der Waals surface area contributed by atoms with Gasteiger partial charge in [0.25, 0.3) is 0 Å². The lowest BCUT2D eigenvalue weighted by molar-refractivity contribution is -0.239. The maximum atomic E-state index is 13.3. The molecule has 5 saturated carbocycles. The molecule has 1 aromatic heterocycles. The molecule has 4 bridgehead atoms. The summed E-state index contributed by atoms with van der Waals surface area (Å²) in [6.45, 7) is 27.4. The number of esters is 4. The monoisotopic (exact) mass is 1350 g/mol. The Hall–Kier alpha value is -6.00. The van der Waals surface area contributed by atoms with E-state index in [9.17, 15) is 50.4 Å². The fourth-order valence-corrected chi connectivity index (χ4v) is 15.9. The van der Waals surface area contributed by atoms with Crippen molar-refractivity contribution in [3.05, 3.63) is 109 Å². The van der Waals surface area contributed by atoms with Crippen molar-refractivity contribution in [3.8, 4) is 23.0 Å². The van der Waals surface area contributed by atoms with Crippen molar-refractivity contribution in [3.63, 3.8) is 0 Å². The van der Waals surface area contributed by atoms with Crippen molar-refractivity contribution in [1.29, 1.82) is 0 Å². The van der Waals surface area contributed by atoms with Crippen LogP contribution in [-0.4, -0.2) is 102 Å². The van der Waals surface area contributed by atoms with Crippen LogP contribution in [0.4, 0.5) is 13.2 Å². The van der Waals surface area contributed by atoms with E-state index in [-0.39, 0.29) is 64.5 Å². The van der Waals surface area contributed by atoms with Gasteiger partial charge in [0.05, 0.1) is 37.5 Å². The molecule has 520 valence electrons. The molecule has 1 saturated heterocycles. The number of nitrogens with zero attached hydrogens (tertiary/aromatic N) is 1. The number of piperidine rings is 1. The van der Waals surface area contributed by atoms with Gasteiger partial charge in [0, 0.05) is 53.6 Å². The number of phenolic OH excluding ortho intramolecular Hbond substituents is 1. The zero-order valence-corrected chi connectivity index (χ0v) is 59.0. The first-order valence-electron chi connectivity index (χ1n) is 33.1. The van der Waals surface area contributed by atoms with E-state index >= 15 is 0 Å². The molecule has 6 fully saturated rings. The van der Waals surface area contributed by atoms with Crippen LogP contribution in [-0.2, 0) is 53.7 Å². The number of terminal acetylenes is 1. The number of aromatic hydroxyl groups is 1. The zero-order chi connectivity index (χ0) is 69.2. The van der Waals surface area contributed by atoms with Crippen molar-refractivity contribution in [2.75, 3.05) is 25.9 Å². The number of likely N-dealkylation sites (tertiary alicyclic amines) is 1. The topological polar surface area (TPSA) is 186 Å². The smallest absolute Gasteiger partial charge is 0.426 e. The standard InChI is InChI=1S/C20H29F3O7S.C18H13S.C14H23NO2.C12H22O2.C11H16O.CH4/c1-4-17(2,3)15(24)30-19-8-12-5-13(9-19)7-18(6-12,11-19)16(25)29-14(20(21,22)23)10-31(26,27)28;1-2-8-14(9-3-1)19-17-12-6-4-10-15(17)16-11-5-7-13-18(16)19;1-6-13(3,4)12(16)17-14(7-2)8-10-15(5)11-9-14;1-5-11(2,3)10(13)14-12(4)8-6-7-9-12;1-4-11(2,3)9-6-5-7-10(12)8-9;/h12-14H,4-11H2,1-3H3,(H,26,27,28);1-13H;2H,6,8-11H2,1,3-5H3;5-9H2,1-4H3;5-8,12H,4H2,1-3H3;1H4/q;+1;;;;/p-1. The van der Waals surface area contributed by atoms with Gasteiger partial charge < -0.3 is 33.5 Å². The fraction of sp³-hybridized carbons (Fsp3) is 0.605. The first kappa shape index (κ1) is 78.7. The molecule has 94 heavy (non-hydrogen) atoms. The molecule has 5 aliphatic carbocycles. The molecule has 3 unspecified atom stereocenters. The Kier molecular flexibility index (Phi) is 26.3.